The summed E-state index contributed by atoms with van der Waals surface area (Å²) >= 11 is 1.77. The Bertz CT molecular complexity index is 1100. The van der Waals surface area contributed by atoms with E-state index in [9.17, 15) is 0 Å². The normalized spacial score (nSPS) is 12.5. The fourth-order valence-corrected chi connectivity index (χ4v) is 4.86. The Morgan fingerprint density at radius 1 is 0.900 bits per heavy atom. The van der Waals surface area contributed by atoms with Crippen molar-refractivity contribution in [1.29, 1.82) is 0 Å². The second-order valence-corrected chi connectivity index (χ2v) is 8.67. The molecular weight excluding hydrogens is 388 g/mol. The molecule has 0 amide bonds. The number of benzene rings is 3. The van der Waals surface area contributed by atoms with Gasteiger partial charge in [-0.1, -0.05) is 91.5 Å². The summed E-state index contributed by atoms with van der Waals surface area (Å²) in [7, 11) is 4.22. The van der Waals surface area contributed by atoms with Crippen molar-refractivity contribution in [2.24, 2.45) is 0 Å². The van der Waals surface area contributed by atoms with Gasteiger partial charge >= 0.3 is 0 Å². The first kappa shape index (κ1) is 20.6. The first-order valence-electron chi connectivity index (χ1n) is 10.4. The molecule has 0 saturated heterocycles. The van der Waals surface area contributed by atoms with E-state index in [1.165, 1.54) is 21.9 Å². The molecule has 0 spiro atoms. The van der Waals surface area contributed by atoms with Crippen LogP contribution >= 0.6 is 11.8 Å². The van der Waals surface area contributed by atoms with E-state index >= 15 is 0 Å². The van der Waals surface area contributed by atoms with E-state index in [-0.39, 0.29) is 6.04 Å². The molecule has 1 aromatic heterocycles. The molecule has 0 N–H and O–H groups in total. The van der Waals surface area contributed by atoms with E-state index < -0.39 is 0 Å². The zero-order valence-electron chi connectivity index (χ0n) is 17.8. The third-order valence-corrected chi connectivity index (χ3v) is 6.49. The summed E-state index contributed by atoms with van der Waals surface area (Å²) < 4.78 is 2.29. The average Bonchev–Trinajstić information content (AvgIpc) is 3.15. The topological polar surface area (TPSA) is 34.0 Å². The van der Waals surface area contributed by atoms with Crippen molar-refractivity contribution in [2.75, 3.05) is 14.1 Å². The summed E-state index contributed by atoms with van der Waals surface area (Å²) in [6.45, 7) is 2.99. The van der Waals surface area contributed by atoms with E-state index in [2.05, 4.69) is 113 Å². The van der Waals surface area contributed by atoms with Crippen LogP contribution in [0.3, 0.4) is 0 Å². The van der Waals surface area contributed by atoms with Gasteiger partial charge in [0.15, 0.2) is 11.0 Å². The van der Waals surface area contributed by atoms with Crippen LogP contribution in [0.25, 0.3) is 10.8 Å². The first-order valence-corrected chi connectivity index (χ1v) is 11.4. The number of fused-ring (bicyclic) bond motifs is 1. The molecule has 3 aromatic carbocycles. The molecule has 4 rings (SSSR count). The maximum atomic E-state index is 4.63. The highest BCUT2D eigenvalue weighted by molar-refractivity contribution is 7.98. The summed E-state index contributed by atoms with van der Waals surface area (Å²) in [5.41, 5.74) is 2.59. The Labute approximate surface area is 182 Å². The van der Waals surface area contributed by atoms with Gasteiger partial charge < -0.3 is 4.57 Å². The monoisotopic (exact) mass is 416 g/mol. The van der Waals surface area contributed by atoms with Crippen LogP contribution in [0.4, 0.5) is 0 Å². The maximum absolute atomic E-state index is 4.63. The SMILES string of the molecule is CCC(c1nnc(SCc2cccc3ccccc23)n1Cc1ccccc1)N(C)C. The minimum absolute atomic E-state index is 0.244. The quantitative estimate of drug-likeness (QED) is 0.341. The van der Waals surface area contributed by atoms with E-state index in [0.717, 1.165) is 29.7 Å². The molecular formula is C25H28N4S. The molecule has 5 heteroatoms. The first-order chi connectivity index (χ1) is 14.7. The zero-order chi connectivity index (χ0) is 20.9. The fourth-order valence-electron chi connectivity index (χ4n) is 3.91. The number of thioether (sulfide) groups is 1. The lowest BCUT2D eigenvalue weighted by Crippen LogP contribution is -2.23. The molecule has 1 atom stereocenters. The zero-order valence-corrected chi connectivity index (χ0v) is 18.6. The van der Waals surface area contributed by atoms with Crippen molar-refractivity contribution in [3.8, 4) is 0 Å². The Hall–Kier alpha value is -2.63. The molecule has 0 saturated carbocycles. The summed E-state index contributed by atoms with van der Waals surface area (Å²) in [6.07, 6.45) is 0.994. The molecule has 0 bridgehead atoms. The molecule has 4 aromatic rings. The Kier molecular flexibility index (Phi) is 6.50. The lowest BCUT2D eigenvalue weighted by atomic mass is 10.1. The average molecular weight is 417 g/mol. The van der Waals surface area contributed by atoms with E-state index in [1.54, 1.807) is 11.8 Å². The Morgan fingerprint density at radius 3 is 2.40 bits per heavy atom. The van der Waals surface area contributed by atoms with Crippen molar-refractivity contribution in [2.45, 2.75) is 36.8 Å². The lowest BCUT2D eigenvalue weighted by Gasteiger charge is -2.23. The van der Waals surface area contributed by atoms with Crippen molar-refractivity contribution in [1.82, 2.24) is 19.7 Å². The smallest absolute Gasteiger partial charge is 0.191 e. The maximum Gasteiger partial charge on any atom is 0.191 e. The van der Waals surface area contributed by atoms with Crippen LogP contribution in [0.1, 0.15) is 36.3 Å². The van der Waals surface area contributed by atoms with Crippen molar-refractivity contribution in [3.63, 3.8) is 0 Å². The molecule has 154 valence electrons. The lowest BCUT2D eigenvalue weighted by molar-refractivity contribution is 0.272. The van der Waals surface area contributed by atoms with Gasteiger partial charge in [-0.15, -0.1) is 10.2 Å². The number of hydrogen-bond donors (Lipinski definition) is 0. The molecule has 1 unspecified atom stereocenters. The van der Waals surface area contributed by atoms with Crippen LogP contribution in [-0.4, -0.2) is 33.8 Å². The summed E-state index contributed by atoms with van der Waals surface area (Å²) in [5, 5.41) is 12.8. The number of rotatable bonds is 8. The van der Waals surface area contributed by atoms with Gasteiger partial charge in [0.1, 0.15) is 0 Å². The molecule has 30 heavy (non-hydrogen) atoms. The fraction of sp³-hybridized carbons (Fsp3) is 0.280. The van der Waals surface area contributed by atoms with Gasteiger partial charge in [-0.05, 0) is 42.4 Å². The standard InChI is InChI=1S/C25H28N4S/c1-4-23(28(2)3)24-26-27-25(29(24)17-19-11-6-5-7-12-19)30-18-21-15-10-14-20-13-8-9-16-22(20)21/h5-16,23H,4,17-18H2,1-3H3. The molecule has 0 radical (unpaired) electrons. The highest BCUT2D eigenvalue weighted by Gasteiger charge is 2.22. The molecule has 1 heterocycles. The van der Waals surface area contributed by atoms with Crippen molar-refractivity contribution in [3.05, 3.63) is 89.7 Å². The van der Waals surface area contributed by atoms with Gasteiger partial charge in [0.05, 0.1) is 12.6 Å². The second kappa shape index (κ2) is 9.45. The van der Waals surface area contributed by atoms with Gasteiger partial charge in [0, 0.05) is 5.75 Å². The number of hydrogen-bond acceptors (Lipinski definition) is 4. The van der Waals surface area contributed by atoms with Gasteiger partial charge in [-0.3, -0.25) is 4.90 Å². The van der Waals surface area contributed by atoms with Crippen LogP contribution < -0.4 is 0 Å². The molecule has 0 fully saturated rings. The van der Waals surface area contributed by atoms with Crippen molar-refractivity contribution >= 4 is 22.5 Å². The highest BCUT2D eigenvalue weighted by Crippen LogP contribution is 2.30. The summed E-state index contributed by atoms with van der Waals surface area (Å²) in [4.78, 5) is 2.23. The Morgan fingerprint density at radius 2 is 1.63 bits per heavy atom. The van der Waals surface area contributed by atoms with E-state index in [0.29, 0.717) is 0 Å². The number of aromatic nitrogens is 3. The van der Waals surface area contributed by atoms with Crippen molar-refractivity contribution < 1.29 is 0 Å². The van der Waals surface area contributed by atoms with Crippen LogP contribution in [0.5, 0.6) is 0 Å². The predicted octanol–water partition coefficient (Wildman–Crippen LogP) is 5.78. The van der Waals surface area contributed by atoms with Crippen LogP contribution in [0.15, 0.2) is 78.0 Å². The van der Waals surface area contributed by atoms with E-state index in [4.69, 9.17) is 0 Å². The van der Waals surface area contributed by atoms with Gasteiger partial charge in [0.25, 0.3) is 0 Å². The molecule has 0 aliphatic rings. The second-order valence-electron chi connectivity index (χ2n) is 7.73. The van der Waals surface area contributed by atoms with E-state index in [1.807, 2.05) is 0 Å². The minimum atomic E-state index is 0.244. The summed E-state index contributed by atoms with van der Waals surface area (Å²) in [5.74, 6) is 1.90. The summed E-state index contributed by atoms with van der Waals surface area (Å²) in [6, 6.07) is 25.9. The largest absolute Gasteiger partial charge is 0.300 e. The highest BCUT2D eigenvalue weighted by atomic mass is 32.2. The van der Waals surface area contributed by atoms with Gasteiger partial charge in [0.2, 0.25) is 0 Å². The van der Waals surface area contributed by atoms with Gasteiger partial charge in [-0.25, -0.2) is 0 Å². The number of nitrogens with zero attached hydrogens (tertiary/aromatic N) is 4. The third-order valence-electron chi connectivity index (χ3n) is 5.47. The predicted molar refractivity (Wildman–Crippen MR) is 126 cm³/mol. The minimum Gasteiger partial charge on any atom is -0.300 e. The molecule has 4 nitrogen and oxygen atoms in total. The molecule has 0 aliphatic heterocycles. The van der Waals surface area contributed by atoms with Gasteiger partial charge in [-0.2, -0.15) is 0 Å². The molecule has 0 aliphatic carbocycles. The van der Waals surface area contributed by atoms with Crippen LogP contribution in [0.2, 0.25) is 0 Å². The van der Waals surface area contributed by atoms with Crippen LogP contribution in [-0.2, 0) is 12.3 Å². The Balaban J connectivity index is 1.66. The van der Waals surface area contributed by atoms with Crippen LogP contribution in [0, 0.1) is 0 Å². The third kappa shape index (κ3) is 4.42.